The number of hydrazine groups is 1. The molecule has 3 N–H and O–H groups in total. The maximum absolute atomic E-state index is 5.71. The largest absolute Gasteiger partial charge is 0.271 e. The number of nitrogens with two attached hydrogens (primary N) is 1. The van der Waals surface area contributed by atoms with E-state index in [0.717, 1.165) is 28.0 Å². The lowest BCUT2D eigenvalue weighted by molar-refractivity contribution is 0.517. The van der Waals surface area contributed by atoms with Crippen LogP contribution in [0.4, 0.5) is 0 Å². The third-order valence-corrected chi connectivity index (χ3v) is 4.77. The molecular weight excluding hydrogens is 346 g/mol. The number of thiazole rings is 1. The Morgan fingerprint density at radius 3 is 2.43 bits per heavy atom. The monoisotopic (exact) mass is 367 g/mol. The van der Waals surface area contributed by atoms with Gasteiger partial charge in [-0.1, -0.05) is 48.8 Å². The summed E-state index contributed by atoms with van der Waals surface area (Å²) < 4.78 is 1.10. The summed E-state index contributed by atoms with van der Waals surface area (Å²) in [6, 6.07) is 8.56. The number of nitrogens with zero attached hydrogens (tertiary/aromatic N) is 1. The highest BCUT2D eigenvalue weighted by Gasteiger charge is 2.19. The minimum atomic E-state index is 0.103. The Balaban J connectivity index is 2.02. The lowest BCUT2D eigenvalue weighted by Gasteiger charge is -2.16. The molecule has 21 heavy (non-hydrogen) atoms. The van der Waals surface area contributed by atoms with Crippen LogP contribution in [0, 0.1) is 0 Å². The van der Waals surface area contributed by atoms with E-state index in [1.807, 2.05) is 0 Å². The average molecular weight is 368 g/mol. The molecule has 1 aromatic heterocycles. The first-order chi connectivity index (χ1) is 9.88. The molecule has 3 nitrogen and oxygen atoms in total. The molecule has 2 rings (SSSR count). The van der Waals surface area contributed by atoms with Crippen molar-refractivity contribution in [3.05, 3.63) is 50.4 Å². The van der Waals surface area contributed by atoms with Crippen molar-refractivity contribution >= 4 is 27.3 Å². The van der Waals surface area contributed by atoms with Gasteiger partial charge in [-0.15, -0.1) is 11.3 Å². The molecule has 1 aromatic carbocycles. The molecule has 0 fully saturated rings. The second-order valence-electron chi connectivity index (χ2n) is 6.27. The van der Waals surface area contributed by atoms with Gasteiger partial charge in [0.2, 0.25) is 0 Å². The summed E-state index contributed by atoms with van der Waals surface area (Å²) in [5, 5.41) is 3.29. The molecule has 0 aliphatic heterocycles. The molecule has 0 bridgehead atoms. The molecule has 0 amide bonds. The normalized spacial score (nSPS) is 13.4. The highest BCUT2D eigenvalue weighted by atomic mass is 79.9. The van der Waals surface area contributed by atoms with Gasteiger partial charge in [0.1, 0.15) is 0 Å². The van der Waals surface area contributed by atoms with E-state index in [0.29, 0.717) is 0 Å². The van der Waals surface area contributed by atoms with Crippen molar-refractivity contribution in [3.8, 4) is 0 Å². The van der Waals surface area contributed by atoms with E-state index in [2.05, 4.69) is 71.8 Å². The van der Waals surface area contributed by atoms with Crippen LogP contribution in [0.3, 0.4) is 0 Å². The molecule has 0 radical (unpaired) electrons. The van der Waals surface area contributed by atoms with Crippen molar-refractivity contribution in [1.82, 2.24) is 10.4 Å². The van der Waals surface area contributed by atoms with Gasteiger partial charge < -0.3 is 0 Å². The molecule has 0 saturated carbocycles. The van der Waals surface area contributed by atoms with E-state index in [1.54, 1.807) is 11.3 Å². The Bertz CT molecular complexity index is 572. The molecular formula is C16H22BrN3S. The number of halogens is 1. The molecule has 114 valence electrons. The fourth-order valence-electron chi connectivity index (χ4n) is 2.05. The molecule has 1 unspecified atom stereocenters. The zero-order valence-electron chi connectivity index (χ0n) is 12.7. The summed E-state index contributed by atoms with van der Waals surface area (Å²) in [4.78, 5) is 4.74. The zero-order chi connectivity index (χ0) is 15.5. The second-order valence-corrected chi connectivity index (χ2v) is 8.13. The lowest BCUT2D eigenvalue weighted by Crippen LogP contribution is -2.38. The molecule has 2 aromatic rings. The Kier molecular flexibility index (Phi) is 5.54. The number of hydrogen-bond donors (Lipinski definition) is 2. The molecule has 1 atom stereocenters. The van der Waals surface area contributed by atoms with Crippen LogP contribution in [0.1, 0.15) is 37.0 Å². The number of benzene rings is 1. The fourth-order valence-corrected chi connectivity index (χ4v) is 3.42. The van der Waals surface area contributed by atoms with Crippen molar-refractivity contribution in [2.24, 2.45) is 5.84 Å². The summed E-state index contributed by atoms with van der Waals surface area (Å²) in [7, 11) is 0. The van der Waals surface area contributed by atoms with Crippen molar-refractivity contribution in [3.63, 3.8) is 0 Å². The highest BCUT2D eigenvalue weighted by Crippen LogP contribution is 2.24. The Morgan fingerprint density at radius 1 is 1.24 bits per heavy atom. The van der Waals surface area contributed by atoms with Crippen LogP contribution in [0.15, 0.2) is 34.1 Å². The zero-order valence-corrected chi connectivity index (χ0v) is 15.1. The van der Waals surface area contributed by atoms with Crippen molar-refractivity contribution in [1.29, 1.82) is 0 Å². The Labute approximate surface area is 139 Å². The second kappa shape index (κ2) is 7.01. The maximum Gasteiger partial charge on any atom is 0.0944 e. The third-order valence-electron chi connectivity index (χ3n) is 3.37. The maximum atomic E-state index is 5.71. The van der Waals surface area contributed by atoms with Crippen LogP contribution in [-0.2, 0) is 18.3 Å². The van der Waals surface area contributed by atoms with E-state index < -0.39 is 0 Å². The van der Waals surface area contributed by atoms with Gasteiger partial charge in [0.15, 0.2) is 0 Å². The van der Waals surface area contributed by atoms with Gasteiger partial charge in [-0.2, -0.15) is 0 Å². The number of rotatable bonds is 5. The standard InChI is InChI=1S/C16H22BrN3S/c1-16(2,3)14-10-21-15(19-14)9-13(20-18)8-11-4-6-12(17)7-5-11/h4-7,10,13,20H,8-9,18H2,1-3H3. The molecule has 1 heterocycles. The quantitative estimate of drug-likeness (QED) is 0.623. The first-order valence-corrected chi connectivity index (χ1v) is 8.71. The van der Waals surface area contributed by atoms with Crippen LogP contribution < -0.4 is 11.3 Å². The fraction of sp³-hybridized carbons (Fsp3) is 0.438. The number of hydrogen-bond acceptors (Lipinski definition) is 4. The van der Waals surface area contributed by atoms with Gasteiger partial charge in [0.25, 0.3) is 0 Å². The predicted octanol–water partition coefficient (Wildman–Crippen LogP) is 3.82. The molecule has 0 saturated heterocycles. The van der Waals surface area contributed by atoms with Crippen LogP contribution in [-0.4, -0.2) is 11.0 Å². The van der Waals surface area contributed by atoms with E-state index >= 15 is 0 Å². The van der Waals surface area contributed by atoms with E-state index in [1.165, 1.54) is 5.56 Å². The summed E-state index contributed by atoms with van der Waals surface area (Å²) in [5.74, 6) is 5.71. The minimum Gasteiger partial charge on any atom is -0.271 e. The highest BCUT2D eigenvalue weighted by molar-refractivity contribution is 9.10. The smallest absolute Gasteiger partial charge is 0.0944 e. The van der Waals surface area contributed by atoms with Crippen LogP contribution in [0.25, 0.3) is 0 Å². The van der Waals surface area contributed by atoms with Gasteiger partial charge in [-0.3, -0.25) is 11.3 Å². The van der Waals surface area contributed by atoms with Gasteiger partial charge in [0, 0.05) is 27.7 Å². The van der Waals surface area contributed by atoms with Gasteiger partial charge in [-0.05, 0) is 24.1 Å². The van der Waals surface area contributed by atoms with E-state index in [4.69, 9.17) is 10.8 Å². The minimum absolute atomic E-state index is 0.103. The van der Waals surface area contributed by atoms with Crippen LogP contribution in [0.5, 0.6) is 0 Å². The van der Waals surface area contributed by atoms with Crippen molar-refractivity contribution in [2.45, 2.75) is 45.1 Å². The first-order valence-electron chi connectivity index (χ1n) is 7.04. The van der Waals surface area contributed by atoms with Gasteiger partial charge in [-0.25, -0.2) is 4.98 Å². The summed E-state index contributed by atoms with van der Waals surface area (Å²) in [6.45, 7) is 6.56. The van der Waals surface area contributed by atoms with Crippen LogP contribution in [0.2, 0.25) is 0 Å². The number of nitrogens with one attached hydrogen (secondary N) is 1. The van der Waals surface area contributed by atoms with Crippen molar-refractivity contribution < 1.29 is 0 Å². The third kappa shape index (κ3) is 4.88. The van der Waals surface area contributed by atoms with Crippen molar-refractivity contribution in [2.75, 3.05) is 0 Å². The first kappa shape index (κ1) is 16.6. The SMILES string of the molecule is CC(C)(C)c1csc(CC(Cc2ccc(Br)cc2)NN)n1. The van der Waals surface area contributed by atoms with Crippen LogP contribution >= 0.6 is 27.3 Å². The predicted molar refractivity (Wildman–Crippen MR) is 93.5 cm³/mol. The summed E-state index contributed by atoms with van der Waals surface area (Å²) in [5.41, 5.74) is 5.45. The molecule has 0 aliphatic rings. The lowest BCUT2D eigenvalue weighted by atomic mass is 9.93. The average Bonchev–Trinajstić information content (AvgIpc) is 2.89. The molecule has 0 aliphatic carbocycles. The number of aromatic nitrogens is 1. The summed E-state index contributed by atoms with van der Waals surface area (Å²) in [6.07, 6.45) is 1.75. The van der Waals surface area contributed by atoms with Gasteiger partial charge in [0.05, 0.1) is 10.7 Å². The van der Waals surface area contributed by atoms with E-state index in [-0.39, 0.29) is 11.5 Å². The van der Waals surface area contributed by atoms with E-state index in [9.17, 15) is 0 Å². The van der Waals surface area contributed by atoms with Gasteiger partial charge >= 0.3 is 0 Å². The summed E-state index contributed by atoms with van der Waals surface area (Å²) >= 11 is 5.17. The Morgan fingerprint density at radius 2 is 1.90 bits per heavy atom. The molecule has 0 spiro atoms. The topological polar surface area (TPSA) is 50.9 Å². The Hall–Kier alpha value is -0.750. The molecule has 5 heteroatoms.